The molecule has 0 aliphatic heterocycles. The Bertz CT molecular complexity index is 301. The summed E-state index contributed by atoms with van der Waals surface area (Å²) in [7, 11) is 0. The molecule has 0 radical (unpaired) electrons. The average Bonchev–Trinajstić information content (AvgIpc) is 1.96. The van der Waals surface area contributed by atoms with Crippen LogP contribution >= 0.6 is 15.9 Å². The number of benzene rings is 1. The number of phenolic OH excluding ortho intramolecular Hbond substituents is 1. The summed E-state index contributed by atoms with van der Waals surface area (Å²) >= 11 is 2.75. The van der Waals surface area contributed by atoms with Gasteiger partial charge in [0.2, 0.25) is 0 Å². The average molecular weight is 241 g/mol. The molecule has 0 aliphatic carbocycles. The molecular formula is C7H4BrF3O. The van der Waals surface area contributed by atoms with E-state index >= 15 is 0 Å². The highest BCUT2D eigenvalue weighted by atomic mass is 79.9. The van der Waals surface area contributed by atoms with Crippen LogP contribution in [0.25, 0.3) is 0 Å². The van der Waals surface area contributed by atoms with Gasteiger partial charge in [-0.15, -0.1) is 0 Å². The SMILES string of the molecule is Oc1cc(Br)c(F)cc1C(F)F. The number of rotatable bonds is 1. The number of hydrogen-bond donors (Lipinski definition) is 1. The van der Waals surface area contributed by atoms with Gasteiger partial charge < -0.3 is 5.11 Å². The molecule has 66 valence electrons. The molecular weight excluding hydrogens is 237 g/mol. The van der Waals surface area contributed by atoms with Crippen molar-refractivity contribution >= 4 is 15.9 Å². The second-order valence-corrected chi connectivity index (χ2v) is 2.98. The van der Waals surface area contributed by atoms with E-state index in [-0.39, 0.29) is 4.47 Å². The molecule has 1 aromatic carbocycles. The van der Waals surface area contributed by atoms with Crippen LogP contribution < -0.4 is 0 Å². The van der Waals surface area contributed by atoms with Gasteiger partial charge in [0.05, 0.1) is 10.0 Å². The molecule has 1 rings (SSSR count). The van der Waals surface area contributed by atoms with E-state index in [2.05, 4.69) is 15.9 Å². The predicted molar refractivity (Wildman–Crippen MR) is 40.7 cm³/mol. The molecule has 0 saturated carbocycles. The highest BCUT2D eigenvalue weighted by Gasteiger charge is 2.15. The van der Waals surface area contributed by atoms with Gasteiger partial charge in [0.1, 0.15) is 11.6 Å². The summed E-state index contributed by atoms with van der Waals surface area (Å²) in [5.74, 6) is -1.43. The lowest BCUT2D eigenvalue weighted by molar-refractivity contribution is 0.147. The summed E-state index contributed by atoms with van der Waals surface area (Å²) in [5, 5.41) is 8.91. The van der Waals surface area contributed by atoms with Crippen molar-refractivity contribution in [1.82, 2.24) is 0 Å². The zero-order chi connectivity index (χ0) is 9.30. The molecule has 0 saturated heterocycles. The van der Waals surface area contributed by atoms with Crippen LogP contribution in [-0.4, -0.2) is 5.11 Å². The van der Waals surface area contributed by atoms with Crippen molar-refractivity contribution in [2.24, 2.45) is 0 Å². The summed E-state index contributed by atoms with van der Waals surface area (Å²) in [5.41, 5.74) is -0.698. The van der Waals surface area contributed by atoms with Gasteiger partial charge in [-0.2, -0.15) is 0 Å². The van der Waals surface area contributed by atoms with E-state index in [0.29, 0.717) is 6.07 Å². The molecule has 0 aromatic heterocycles. The van der Waals surface area contributed by atoms with Crippen molar-refractivity contribution in [3.63, 3.8) is 0 Å². The largest absolute Gasteiger partial charge is 0.507 e. The third kappa shape index (κ3) is 1.72. The van der Waals surface area contributed by atoms with Crippen molar-refractivity contribution in [2.45, 2.75) is 6.43 Å². The quantitative estimate of drug-likeness (QED) is 0.800. The first-order chi connectivity index (χ1) is 5.52. The maximum Gasteiger partial charge on any atom is 0.267 e. The first-order valence-corrected chi connectivity index (χ1v) is 3.77. The van der Waals surface area contributed by atoms with E-state index in [1.165, 1.54) is 0 Å². The zero-order valence-electron chi connectivity index (χ0n) is 5.69. The van der Waals surface area contributed by atoms with E-state index in [9.17, 15) is 13.2 Å². The molecule has 0 fully saturated rings. The maximum absolute atomic E-state index is 12.6. The Hall–Kier alpha value is -0.710. The van der Waals surface area contributed by atoms with E-state index < -0.39 is 23.6 Å². The van der Waals surface area contributed by atoms with Gasteiger partial charge in [0, 0.05) is 0 Å². The summed E-state index contributed by atoms with van der Waals surface area (Å²) < 4.78 is 36.6. The number of hydrogen-bond acceptors (Lipinski definition) is 1. The highest BCUT2D eigenvalue weighted by Crippen LogP contribution is 2.32. The molecule has 0 spiro atoms. The van der Waals surface area contributed by atoms with Crippen LogP contribution in [0.15, 0.2) is 16.6 Å². The van der Waals surface area contributed by atoms with Crippen molar-refractivity contribution in [1.29, 1.82) is 0 Å². The number of phenols is 1. The summed E-state index contributed by atoms with van der Waals surface area (Å²) in [6.45, 7) is 0. The summed E-state index contributed by atoms with van der Waals surface area (Å²) in [6, 6.07) is 1.50. The number of alkyl halides is 2. The monoisotopic (exact) mass is 240 g/mol. The van der Waals surface area contributed by atoms with Gasteiger partial charge in [-0.3, -0.25) is 0 Å². The molecule has 0 unspecified atom stereocenters. The first kappa shape index (κ1) is 9.38. The smallest absolute Gasteiger partial charge is 0.267 e. The molecule has 1 aromatic rings. The third-order valence-corrected chi connectivity index (χ3v) is 1.91. The molecule has 1 N–H and O–H groups in total. The van der Waals surface area contributed by atoms with Gasteiger partial charge in [-0.1, -0.05) is 0 Å². The molecule has 5 heteroatoms. The van der Waals surface area contributed by atoms with E-state index in [4.69, 9.17) is 5.11 Å². The standard InChI is InChI=1S/C7H4BrF3O/c8-4-2-6(12)3(7(10)11)1-5(4)9/h1-2,7,12H. The number of halogens is 4. The molecule has 0 amide bonds. The molecule has 0 atom stereocenters. The van der Waals surface area contributed by atoms with Crippen LogP contribution in [0.2, 0.25) is 0 Å². The van der Waals surface area contributed by atoms with Crippen LogP contribution in [0.1, 0.15) is 12.0 Å². The van der Waals surface area contributed by atoms with Crippen LogP contribution in [0.3, 0.4) is 0 Å². The normalized spacial score (nSPS) is 10.8. The molecule has 12 heavy (non-hydrogen) atoms. The molecule has 1 nitrogen and oxygen atoms in total. The Morgan fingerprint density at radius 2 is 1.92 bits per heavy atom. The zero-order valence-corrected chi connectivity index (χ0v) is 7.28. The molecule has 0 aliphatic rings. The Kier molecular flexibility index (Phi) is 2.62. The Labute approximate surface area is 75.0 Å². The predicted octanol–water partition coefficient (Wildman–Crippen LogP) is 3.23. The van der Waals surface area contributed by atoms with Crippen LogP contribution in [0, 0.1) is 5.82 Å². The van der Waals surface area contributed by atoms with Crippen molar-refractivity contribution in [3.05, 3.63) is 28.0 Å². The van der Waals surface area contributed by atoms with Gasteiger partial charge in [0.15, 0.2) is 0 Å². The first-order valence-electron chi connectivity index (χ1n) is 2.98. The molecule has 0 heterocycles. The van der Waals surface area contributed by atoms with Crippen molar-refractivity contribution < 1.29 is 18.3 Å². The van der Waals surface area contributed by atoms with Crippen LogP contribution in [-0.2, 0) is 0 Å². The maximum atomic E-state index is 12.6. The van der Waals surface area contributed by atoms with E-state index in [1.54, 1.807) is 0 Å². The van der Waals surface area contributed by atoms with Crippen molar-refractivity contribution in [2.75, 3.05) is 0 Å². The topological polar surface area (TPSA) is 20.2 Å². The summed E-state index contributed by atoms with van der Waals surface area (Å²) in [4.78, 5) is 0. The second kappa shape index (κ2) is 3.35. The lowest BCUT2D eigenvalue weighted by atomic mass is 10.2. The van der Waals surface area contributed by atoms with Gasteiger partial charge in [0.25, 0.3) is 6.43 Å². The highest BCUT2D eigenvalue weighted by molar-refractivity contribution is 9.10. The fraction of sp³-hybridized carbons (Fsp3) is 0.143. The molecule has 0 bridgehead atoms. The van der Waals surface area contributed by atoms with Crippen LogP contribution in [0.4, 0.5) is 13.2 Å². The summed E-state index contributed by atoms with van der Waals surface area (Å²) in [6.07, 6.45) is -2.87. The fourth-order valence-corrected chi connectivity index (χ4v) is 1.06. The van der Waals surface area contributed by atoms with Gasteiger partial charge in [-0.05, 0) is 28.1 Å². The Morgan fingerprint density at radius 3 is 2.42 bits per heavy atom. The van der Waals surface area contributed by atoms with E-state index in [1.807, 2.05) is 0 Å². The Balaban J connectivity index is 3.23. The lowest BCUT2D eigenvalue weighted by Crippen LogP contribution is -1.88. The Morgan fingerprint density at radius 1 is 1.33 bits per heavy atom. The van der Waals surface area contributed by atoms with Gasteiger partial charge >= 0.3 is 0 Å². The van der Waals surface area contributed by atoms with Crippen LogP contribution in [0.5, 0.6) is 5.75 Å². The second-order valence-electron chi connectivity index (χ2n) is 2.13. The minimum absolute atomic E-state index is 0.0376. The van der Waals surface area contributed by atoms with E-state index in [0.717, 1.165) is 6.07 Å². The fourth-order valence-electron chi connectivity index (χ4n) is 0.727. The minimum Gasteiger partial charge on any atom is -0.507 e. The van der Waals surface area contributed by atoms with Gasteiger partial charge in [-0.25, -0.2) is 13.2 Å². The minimum atomic E-state index is -2.87. The number of aromatic hydroxyl groups is 1. The third-order valence-electron chi connectivity index (χ3n) is 1.30. The lowest BCUT2D eigenvalue weighted by Gasteiger charge is -2.03. The van der Waals surface area contributed by atoms with Crippen molar-refractivity contribution in [3.8, 4) is 5.75 Å².